The van der Waals surface area contributed by atoms with Gasteiger partial charge in [-0.2, -0.15) is 0 Å². The van der Waals surface area contributed by atoms with Gasteiger partial charge in [-0.15, -0.1) is 23.7 Å². The van der Waals surface area contributed by atoms with E-state index in [9.17, 15) is 0 Å². The molecule has 1 saturated heterocycles. The van der Waals surface area contributed by atoms with E-state index in [0.717, 1.165) is 11.6 Å². The highest BCUT2D eigenvalue weighted by molar-refractivity contribution is 7.10. The molecule has 1 N–H and O–H groups in total. The average Bonchev–Trinajstić information content (AvgIpc) is 2.55. The third-order valence-electron chi connectivity index (χ3n) is 2.02. The van der Waals surface area contributed by atoms with Crippen LogP contribution in [-0.2, 0) is 0 Å². The molecule has 12 heavy (non-hydrogen) atoms. The monoisotopic (exact) mass is 223 g/mol. The second kappa shape index (κ2) is 4.47. The summed E-state index contributed by atoms with van der Waals surface area (Å²) in [5.74, 6) is 0. The standard InChI is InChI=1S/C8H10ClNS.ClH/c9-6-3-5-11-8(6)7-2-1-4-10-7;/h3,5,7,10H,1-2,4H2;1H/t7-;/m0./s1. The summed E-state index contributed by atoms with van der Waals surface area (Å²) in [6.45, 7) is 1.14. The fraction of sp³-hybridized carbons (Fsp3) is 0.500. The van der Waals surface area contributed by atoms with Crippen LogP contribution in [0.4, 0.5) is 0 Å². The summed E-state index contributed by atoms with van der Waals surface area (Å²) in [6.07, 6.45) is 2.51. The fourth-order valence-corrected chi connectivity index (χ4v) is 2.76. The molecule has 2 rings (SSSR count). The van der Waals surface area contributed by atoms with Gasteiger partial charge >= 0.3 is 0 Å². The lowest BCUT2D eigenvalue weighted by atomic mass is 10.2. The molecule has 1 atom stereocenters. The minimum absolute atomic E-state index is 0. The molecule has 0 aromatic carbocycles. The quantitative estimate of drug-likeness (QED) is 0.772. The van der Waals surface area contributed by atoms with Crippen molar-refractivity contribution >= 4 is 35.3 Å². The van der Waals surface area contributed by atoms with E-state index in [0.29, 0.717) is 6.04 Å². The first-order valence-corrected chi connectivity index (χ1v) is 5.10. The van der Waals surface area contributed by atoms with Gasteiger partial charge in [-0.3, -0.25) is 0 Å². The number of hydrogen-bond donors (Lipinski definition) is 1. The van der Waals surface area contributed by atoms with Crippen molar-refractivity contribution in [3.63, 3.8) is 0 Å². The molecule has 0 spiro atoms. The second-order valence-corrected chi connectivity index (χ2v) is 4.14. The van der Waals surface area contributed by atoms with Gasteiger partial charge in [-0.05, 0) is 30.8 Å². The van der Waals surface area contributed by atoms with Gasteiger partial charge in [0.05, 0.1) is 5.02 Å². The maximum atomic E-state index is 5.99. The molecular formula is C8H11Cl2NS. The predicted molar refractivity (Wildman–Crippen MR) is 56.6 cm³/mol. The zero-order valence-corrected chi connectivity index (χ0v) is 8.94. The Morgan fingerprint density at radius 1 is 1.58 bits per heavy atom. The Morgan fingerprint density at radius 2 is 2.42 bits per heavy atom. The molecule has 0 unspecified atom stereocenters. The first-order valence-electron chi connectivity index (χ1n) is 3.84. The first kappa shape index (κ1) is 10.3. The number of halogens is 2. The van der Waals surface area contributed by atoms with E-state index in [1.165, 1.54) is 17.7 Å². The molecule has 1 aliphatic rings. The van der Waals surface area contributed by atoms with Crippen molar-refractivity contribution in [1.29, 1.82) is 0 Å². The van der Waals surface area contributed by atoms with Crippen molar-refractivity contribution in [3.8, 4) is 0 Å². The lowest BCUT2D eigenvalue weighted by molar-refractivity contribution is 0.660. The molecule has 0 bridgehead atoms. The Balaban J connectivity index is 0.000000720. The van der Waals surface area contributed by atoms with E-state index >= 15 is 0 Å². The normalized spacial score (nSPS) is 22.2. The van der Waals surface area contributed by atoms with Crippen LogP contribution in [0.5, 0.6) is 0 Å². The van der Waals surface area contributed by atoms with Crippen molar-refractivity contribution in [2.75, 3.05) is 6.54 Å². The van der Waals surface area contributed by atoms with E-state index in [1.807, 2.05) is 6.07 Å². The van der Waals surface area contributed by atoms with Crippen molar-refractivity contribution in [2.24, 2.45) is 0 Å². The molecule has 1 nitrogen and oxygen atoms in total. The molecule has 0 amide bonds. The average molecular weight is 224 g/mol. The van der Waals surface area contributed by atoms with Gasteiger partial charge in [-0.25, -0.2) is 0 Å². The van der Waals surface area contributed by atoms with Crippen LogP contribution in [0.15, 0.2) is 11.4 Å². The molecule has 1 fully saturated rings. The zero-order chi connectivity index (χ0) is 7.68. The van der Waals surface area contributed by atoms with E-state index in [-0.39, 0.29) is 12.4 Å². The third-order valence-corrected chi connectivity index (χ3v) is 3.49. The topological polar surface area (TPSA) is 12.0 Å². The van der Waals surface area contributed by atoms with Gasteiger partial charge in [0, 0.05) is 10.9 Å². The Kier molecular flexibility index (Phi) is 3.84. The predicted octanol–water partition coefficient (Wildman–Crippen LogP) is 3.25. The SMILES string of the molecule is Cl.Clc1ccsc1[C@@H]1CCCN1. The minimum Gasteiger partial charge on any atom is -0.309 e. The summed E-state index contributed by atoms with van der Waals surface area (Å²) in [6, 6.07) is 2.50. The van der Waals surface area contributed by atoms with Crippen molar-refractivity contribution in [1.82, 2.24) is 5.32 Å². The van der Waals surface area contributed by atoms with Gasteiger partial charge < -0.3 is 5.32 Å². The van der Waals surface area contributed by atoms with Crippen LogP contribution in [0, 0.1) is 0 Å². The number of rotatable bonds is 1. The van der Waals surface area contributed by atoms with Gasteiger partial charge in [0.25, 0.3) is 0 Å². The van der Waals surface area contributed by atoms with Crippen LogP contribution in [0.25, 0.3) is 0 Å². The molecule has 2 heterocycles. The van der Waals surface area contributed by atoms with E-state index < -0.39 is 0 Å². The van der Waals surface area contributed by atoms with Gasteiger partial charge in [-0.1, -0.05) is 11.6 Å². The molecule has 1 aliphatic heterocycles. The van der Waals surface area contributed by atoms with Gasteiger partial charge in [0.2, 0.25) is 0 Å². The molecule has 1 aromatic heterocycles. The van der Waals surface area contributed by atoms with E-state index in [4.69, 9.17) is 11.6 Å². The second-order valence-electron chi connectivity index (χ2n) is 2.78. The molecule has 68 valence electrons. The van der Waals surface area contributed by atoms with Crippen LogP contribution in [0.2, 0.25) is 5.02 Å². The van der Waals surface area contributed by atoms with Crippen molar-refractivity contribution in [2.45, 2.75) is 18.9 Å². The Morgan fingerprint density at radius 3 is 2.92 bits per heavy atom. The highest BCUT2D eigenvalue weighted by atomic mass is 35.5. The lowest BCUT2D eigenvalue weighted by Gasteiger charge is -2.06. The summed E-state index contributed by atoms with van der Waals surface area (Å²) < 4.78 is 0. The van der Waals surface area contributed by atoms with Crippen LogP contribution in [0.3, 0.4) is 0 Å². The van der Waals surface area contributed by atoms with Crippen LogP contribution < -0.4 is 5.32 Å². The number of nitrogens with one attached hydrogen (secondary N) is 1. The van der Waals surface area contributed by atoms with Crippen molar-refractivity contribution in [3.05, 3.63) is 21.3 Å². The maximum Gasteiger partial charge on any atom is 0.0561 e. The summed E-state index contributed by atoms with van der Waals surface area (Å²) in [7, 11) is 0. The van der Waals surface area contributed by atoms with E-state index in [1.54, 1.807) is 11.3 Å². The summed E-state index contributed by atoms with van der Waals surface area (Å²) >= 11 is 7.74. The molecule has 0 radical (unpaired) electrons. The summed E-state index contributed by atoms with van der Waals surface area (Å²) in [4.78, 5) is 1.31. The highest BCUT2D eigenvalue weighted by Crippen LogP contribution is 2.33. The zero-order valence-electron chi connectivity index (χ0n) is 6.55. The van der Waals surface area contributed by atoms with E-state index in [2.05, 4.69) is 10.7 Å². The maximum absolute atomic E-state index is 5.99. The Hall–Kier alpha value is 0.240. The van der Waals surface area contributed by atoms with Gasteiger partial charge in [0.15, 0.2) is 0 Å². The summed E-state index contributed by atoms with van der Waals surface area (Å²) in [5.41, 5.74) is 0. The number of hydrogen-bond acceptors (Lipinski definition) is 2. The molecule has 1 aromatic rings. The Bertz CT molecular complexity index is 243. The largest absolute Gasteiger partial charge is 0.309 e. The Labute approximate surface area is 87.5 Å². The highest BCUT2D eigenvalue weighted by Gasteiger charge is 2.19. The van der Waals surface area contributed by atoms with Crippen LogP contribution >= 0.6 is 35.3 Å². The molecule has 0 aliphatic carbocycles. The van der Waals surface area contributed by atoms with Gasteiger partial charge in [0.1, 0.15) is 0 Å². The third kappa shape index (κ3) is 1.94. The van der Waals surface area contributed by atoms with Crippen LogP contribution in [0.1, 0.15) is 23.8 Å². The molecule has 0 saturated carbocycles. The molecular weight excluding hydrogens is 213 g/mol. The molecule has 4 heteroatoms. The number of thiophene rings is 1. The summed E-state index contributed by atoms with van der Waals surface area (Å²) in [5, 5.41) is 6.40. The van der Waals surface area contributed by atoms with Crippen molar-refractivity contribution < 1.29 is 0 Å². The van der Waals surface area contributed by atoms with Crippen LogP contribution in [-0.4, -0.2) is 6.54 Å². The smallest absolute Gasteiger partial charge is 0.0561 e. The fourth-order valence-electron chi connectivity index (χ4n) is 1.46. The first-order chi connectivity index (χ1) is 5.38. The lowest BCUT2D eigenvalue weighted by Crippen LogP contribution is -2.11. The minimum atomic E-state index is 0.